The highest BCUT2D eigenvalue weighted by Crippen LogP contribution is 2.44. The van der Waals surface area contributed by atoms with Gasteiger partial charge in [0.1, 0.15) is 12.1 Å². The molecule has 6 aliphatic rings. The lowest BCUT2D eigenvalue weighted by atomic mass is 9.86. The van der Waals surface area contributed by atoms with Crippen LogP contribution in [0.15, 0.2) is 60.7 Å². The number of halogens is 1. The molecule has 9 rings (SSSR count). The van der Waals surface area contributed by atoms with Crippen molar-refractivity contribution in [2.75, 3.05) is 86.7 Å². The molecule has 13 nitrogen and oxygen atoms in total. The highest BCUT2D eigenvalue weighted by Gasteiger charge is 2.47. The van der Waals surface area contributed by atoms with Gasteiger partial charge in [0.05, 0.1) is 10.6 Å². The second-order valence-corrected chi connectivity index (χ2v) is 16.7. The molecule has 5 saturated heterocycles. The predicted octanol–water partition coefficient (Wildman–Crippen LogP) is 3.46. The van der Waals surface area contributed by atoms with E-state index >= 15 is 0 Å². The molecule has 3 aromatic carbocycles. The third-order valence-corrected chi connectivity index (χ3v) is 13.2. The first kappa shape index (κ1) is 36.5. The molecule has 5 fully saturated rings. The smallest absolute Gasteiger partial charge is 0.257 e. The van der Waals surface area contributed by atoms with Crippen LogP contribution < -0.4 is 20.0 Å². The average molecular weight is 777 g/mol. The lowest BCUT2D eigenvalue weighted by molar-refractivity contribution is -0.139. The second kappa shape index (κ2) is 14.4. The Hall–Kier alpha value is -5.16. The van der Waals surface area contributed by atoms with Crippen LogP contribution in [0.4, 0.5) is 17.1 Å². The van der Waals surface area contributed by atoms with Gasteiger partial charge in [-0.15, -0.1) is 0 Å². The lowest BCUT2D eigenvalue weighted by Crippen LogP contribution is -2.55. The molecule has 3 aromatic rings. The number of benzene rings is 3. The number of hydrogen-bond acceptors (Lipinski definition) is 10. The summed E-state index contributed by atoms with van der Waals surface area (Å²) in [6.45, 7) is 9.38. The number of rotatable bonds is 7. The Kier molecular flexibility index (Phi) is 9.38. The van der Waals surface area contributed by atoms with Crippen LogP contribution in [0.25, 0.3) is 0 Å². The van der Waals surface area contributed by atoms with Crippen molar-refractivity contribution >= 4 is 52.3 Å². The molecule has 0 saturated carbocycles. The molecular formula is C42H45ClN8O5. The first-order chi connectivity index (χ1) is 27.1. The van der Waals surface area contributed by atoms with E-state index in [0.29, 0.717) is 27.6 Å². The highest BCUT2D eigenvalue weighted by atomic mass is 35.5. The van der Waals surface area contributed by atoms with Crippen LogP contribution >= 0.6 is 11.6 Å². The Labute approximate surface area is 331 Å². The summed E-state index contributed by atoms with van der Waals surface area (Å²) >= 11 is 6.33. The number of nitrogens with zero attached hydrogens (tertiary/aromatic N) is 7. The van der Waals surface area contributed by atoms with Crippen LogP contribution in [0.2, 0.25) is 5.02 Å². The van der Waals surface area contributed by atoms with Gasteiger partial charge >= 0.3 is 0 Å². The Bertz CT molecular complexity index is 2140. The Morgan fingerprint density at radius 1 is 0.893 bits per heavy atom. The Balaban J connectivity index is 0.762. The molecule has 56 heavy (non-hydrogen) atoms. The number of hydrogen-bond donors (Lipinski definition) is 2. The van der Waals surface area contributed by atoms with Gasteiger partial charge in [0, 0.05) is 123 Å². The summed E-state index contributed by atoms with van der Waals surface area (Å²) in [7, 11) is 0. The third kappa shape index (κ3) is 6.53. The van der Waals surface area contributed by atoms with Crippen LogP contribution in [0, 0.1) is 22.7 Å². The van der Waals surface area contributed by atoms with E-state index in [0.717, 1.165) is 107 Å². The van der Waals surface area contributed by atoms with Crippen molar-refractivity contribution in [2.24, 2.45) is 11.3 Å². The quantitative estimate of drug-likeness (QED) is 0.343. The molecule has 6 heterocycles. The molecule has 4 amide bonds. The zero-order valence-corrected chi connectivity index (χ0v) is 32.0. The molecule has 0 aromatic heterocycles. The average Bonchev–Trinajstić information content (AvgIpc) is 3.88. The van der Waals surface area contributed by atoms with E-state index < -0.39 is 18.2 Å². The number of aliphatic hydroxyl groups excluding tert-OH is 1. The number of amides is 4. The first-order valence-corrected chi connectivity index (χ1v) is 20.0. The maximum Gasteiger partial charge on any atom is 0.257 e. The van der Waals surface area contributed by atoms with Gasteiger partial charge in [-0.05, 0) is 67.8 Å². The normalized spacial score (nSPS) is 25.5. The van der Waals surface area contributed by atoms with Crippen molar-refractivity contribution in [3.8, 4) is 6.07 Å². The third-order valence-electron chi connectivity index (χ3n) is 12.9. The van der Waals surface area contributed by atoms with Crippen molar-refractivity contribution in [3.05, 3.63) is 87.9 Å². The first-order valence-electron chi connectivity index (χ1n) is 19.6. The van der Waals surface area contributed by atoms with Crippen molar-refractivity contribution < 1.29 is 24.3 Å². The van der Waals surface area contributed by atoms with Gasteiger partial charge in [-0.25, -0.2) is 0 Å². The fourth-order valence-electron chi connectivity index (χ4n) is 9.78. The molecule has 1 spiro atoms. The van der Waals surface area contributed by atoms with E-state index in [4.69, 9.17) is 11.6 Å². The number of nitriles is 1. The fourth-order valence-corrected chi connectivity index (χ4v) is 9.99. The maximum atomic E-state index is 13.8. The van der Waals surface area contributed by atoms with Crippen LogP contribution in [0.3, 0.4) is 0 Å². The summed E-state index contributed by atoms with van der Waals surface area (Å²) in [5, 5.41) is 23.3. The number of carbonyl (C=O) groups is 4. The minimum absolute atomic E-state index is 0.0573. The molecule has 2 N–H and O–H groups in total. The minimum atomic E-state index is -1.25. The monoisotopic (exact) mass is 776 g/mol. The SMILES string of the molecule is N#Cc1ccc(N2CCC3(CCN(C(=O)c4cccc(N5CCN(CC6CN(c7cccc8c7C(O)N(C7CCC(=O)NC7=O)C8=O)C6)CC5)c4)C3)C2)cc1Cl. The lowest BCUT2D eigenvalue weighted by Gasteiger charge is -2.45. The number of piperidine rings is 1. The van der Waals surface area contributed by atoms with E-state index in [2.05, 4.69) is 37.1 Å². The number of anilines is 3. The topological polar surface area (TPSA) is 144 Å². The highest BCUT2D eigenvalue weighted by molar-refractivity contribution is 6.32. The molecule has 3 unspecified atom stereocenters. The van der Waals surface area contributed by atoms with E-state index in [1.807, 2.05) is 47.4 Å². The molecule has 0 radical (unpaired) electrons. The summed E-state index contributed by atoms with van der Waals surface area (Å²) in [6.07, 6.45) is 1.06. The van der Waals surface area contributed by atoms with Crippen LogP contribution in [-0.4, -0.2) is 121 Å². The van der Waals surface area contributed by atoms with Crippen LogP contribution in [0.1, 0.15) is 63.8 Å². The van der Waals surface area contributed by atoms with Gasteiger partial charge in [-0.3, -0.25) is 34.3 Å². The van der Waals surface area contributed by atoms with Crippen molar-refractivity contribution in [1.82, 2.24) is 20.0 Å². The van der Waals surface area contributed by atoms with Gasteiger partial charge in [-0.1, -0.05) is 23.7 Å². The molecule has 14 heteroatoms. The van der Waals surface area contributed by atoms with Gasteiger partial charge in [-0.2, -0.15) is 5.26 Å². The van der Waals surface area contributed by atoms with Gasteiger partial charge in [0.25, 0.3) is 11.8 Å². The van der Waals surface area contributed by atoms with E-state index in [1.54, 1.807) is 12.1 Å². The standard InChI is InChI=1S/C42H45ClN8O5/c43-33-20-31(8-7-29(33)21-44)48-13-11-42(25-48)12-14-49(26-42)39(54)28-3-1-4-30(19-28)47-17-15-46(16-18-47)22-27-23-50(24-27)34-6-2-5-32-37(34)41(56)51(40(32)55)35-9-10-36(52)45-38(35)53/h1-8,19-20,27,35,41,56H,9-18,22-26H2,(H,45,52,53). The minimum Gasteiger partial charge on any atom is -0.371 e. The number of nitrogens with one attached hydrogen (secondary N) is 1. The Morgan fingerprint density at radius 3 is 2.43 bits per heavy atom. The zero-order chi connectivity index (χ0) is 38.7. The van der Waals surface area contributed by atoms with Gasteiger partial charge < -0.3 is 24.7 Å². The molecule has 0 aliphatic carbocycles. The number of piperazine rings is 1. The molecule has 6 aliphatic heterocycles. The molecular weight excluding hydrogens is 732 g/mol. The number of fused-ring (bicyclic) bond motifs is 1. The summed E-state index contributed by atoms with van der Waals surface area (Å²) in [6, 6.07) is 20.4. The van der Waals surface area contributed by atoms with Crippen molar-refractivity contribution in [3.63, 3.8) is 0 Å². The summed E-state index contributed by atoms with van der Waals surface area (Å²) < 4.78 is 0. The number of carbonyl (C=O) groups excluding carboxylic acids is 4. The van der Waals surface area contributed by atoms with E-state index in [9.17, 15) is 29.5 Å². The largest absolute Gasteiger partial charge is 0.371 e. The zero-order valence-electron chi connectivity index (χ0n) is 31.2. The number of aliphatic hydroxyl groups is 1. The van der Waals surface area contributed by atoms with Gasteiger partial charge in [0.2, 0.25) is 11.8 Å². The Morgan fingerprint density at radius 2 is 1.66 bits per heavy atom. The molecule has 3 atom stereocenters. The number of likely N-dealkylation sites (tertiary alicyclic amines) is 1. The number of imide groups is 1. The second-order valence-electron chi connectivity index (χ2n) is 16.3. The van der Waals surface area contributed by atoms with Crippen LogP contribution in [0.5, 0.6) is 0 Å². The van der Waals surface area contributed by atoms with Crippen molar-refractivity contribution in [1.29, 1.82) is 5.26 Å². The summed E-state index contributed by atoms with van der Waals surface area (Å²) in [5.41, 5.74) is 5.11. The van der Waals surface area contributed by atoms with E-state index in [1.165, 1.54) is 4.90 Å². The van der Waals surface area contributed by atoms with Gasteiger partial charge in [0.15, 0.2) is 6.23 Å². The molecule has 0 bridgehead atoms. The molecule has 290 valence electrons. The summed E-state index contributed by atoms with van der Waals surface area (Å²) in [5.74, 6) is -0.771. The van der Waals surface area contributed by atoms with E-state index in [-0.39, 0.29) is 36.0 Å². The van der Waals surface area contributed by atoms with Crippen molar-refractivity contribution in [2.45, 2.75) is 38.0 Å². The summed E-state index contributed by atoms with van der Waals surface area (Å²) in [4.78, 5) is 64.0. The predicted molar refractivity (Wildman–Crippen MR) is 210 cm³/mol. The van der Waals surface area contributed by atoms with Crippen LogP contribution in [-0.2, 0) is 9.59 Å². The fraction of sp³-hybridized carbons (Fsp3) is 0.452. The maximum absolute atomic E-state index is 13.8.